The van der Waals surface area contributed by atoms with E-state index in [9.17, 15) is 4.79 Å². The molecular weight excluding hydrogens is 180 g/mol. The van der Waals surface area contributed by atoms with E-state index in [4.69, 9.17) is 9.47 Å². The maximum atomic E-state index is 11.6. The Morgan fingerprint density at radius 3 is 2.21 bits per heavy atom. The van der Waals surface area contributed by atoms with Crippen molar-refractivity contribution in [3.05, 3.63) is 0 Å². The lowest BCUT2D eigenvalue weighted by Gasteiger charge is -2.36. The highest BCUT2D eigenvalue weighted by Gasteiger charge is 2.42. The quantitative estimate of drug-likeness (QED) is 0.655. The molecule has 3 nitrogen and oxygen atoms in total. The van der Waals surface area contributed by atoms with Crippen LogP contribution in [0.4, 0.5) is 0 Å². The molecule has 14 heavy (non-hydrogen) atoms. The van der Waals surface area contributed by atoms with Crippen molar-refractivity contribution in [1.29, 1.82) is 0 Å². The molecule has 1 rings (SSSR count). The maximum Gasteiger partial charge on any atom is 0.338 e. The van der Waals surface area contributed by atoms with Gasteiger partial charge in [-0.2, -0.15) is 0 Å². The SMILES string of the molecule is COC(=O)[C@](C)(OC)C1CCCCC1. The minimum absolute atomic E-state index is 0.244. The van der Waals surface area contributed by atoms with Crippen LogP contribution in [0.15, 0.2) is 0 Å². The number of hydrogen-bond acceptors (Lipinski definition) is 3. The Bertz CT molecular complexity index is 197. The summed E-state index contributed by atoms with van der Waals surface area (Å²) in [6, 6.07) is 0. The fraction of sp³-hybridized carbons (Fsp3) is 0.909. The van der Waals surface area contributed by atoms with Crippen LogP contribution in [-0.4, -0.2) is 25.8 Å². The molecule has 0 spiro atoms. The van der Waals surface area contributed by atoms with Gasteiger partial charge in [0.05, 0.1) is 7.11 Å². The van der Waals surface area contributed by atoms with Crippen LogP contribution >= 0.6 is 0 Å². The molecule has 0 bridgehead atoms. The predicted molar refractivity (Wildman–Crippen MR) is 54.0 cm³/mol. The van der Waals surface area contributed by atoms with Crippen molar-refractivity contribution in [1.82, 2.24) is 0 Å². The third-order valence-electron chi connectivity index (χ3n) is 3.40. The Kier molecular flexibility index (Phi) is 3.93. The monoisotopic (exact) mass is 200 g/mol. The fourth-order valence-corrected chi connectivity index (χ4v) is 2.27. The Morgan fingerprint density at radius 2 is 1.79 bits per heavy atom. The van der Waals surface area contributed by atoms with E-state index in [0.29, 0.717) is 5.92 Å². The summed E-state index contributed by atoms with van der Waals surface area (Å²) < 4.78 is 10.2. The molecule has 1 fully saturated rings. The standard InChI is InChI=1S/C11H20O3/c1-11(14-3,10(12)13-2)9-7-5-4-6-8-9/h9H,4-8H2,1-3H3/t11-/m1/s1. The molecule has 0 saturated heterocycles. The number of rotatable bonds is 3. The Labute approximate surface area is 85.8 Å². The van der Waals surface area contributed by atoms with Crippen LogP contribution in [0.5, 0.6) is 0 Å². The summed E-state index contributed by atoms with van der Waals surface area (Å²) in [6.07, 6.45) is 5.80. The van der Waals surface area contributed by atoms with Gasteiger partial charge in [0.2, 0.25) is 0 Å². The van der Waals surface area contributed by atoms with E-state index < -0.39 is 5.60 Å². The summed E-state index contributed by atoms with van der Waals surface area (Å²) in [5, 5.41) is 0. The van der Waals surface area contributed by atoms with Crippen LogP contribution in [0.3, 0.4) is 0 Å². The van der Waals surface area contributed by atoms with E-state index in [-0.39, 0.29) is 5.97 Å². The molecule has 0 N–H and O–H groups in total. The Morgan fingerprint density at radius 1 is 1.21 bits per heavy atom. The van der Waals surface area contributed by atoms with Crippen LogP contribution in [0.1, 0.15) is 39.0 Å². The van der Waals surface area contributed by atoms with Gasteiger partial charge in [-0.05, 0) is 25.7 Å². The van der Waals surface area contributed by atoms with Gasteiger partial charge >= 0.3 is 5.97 Å². The van der Waals surface area contributed by atoms with Gasteiger partial charge in [-0.3, -0.25) is 0 Å². The third kappa shape index (κ3) is 2.08. The smallest absolute Gasteiger partial charge is 0.338 e. The minimum atomic E-state index is -0.741. The van der Waals surface area contributed by atoms with Crippen LogP contribution < -0.4 is 0 Å². The van der Waals surface area contributed by atoms with E-state index in [2.05, 4.69) is 0 Å². The van der Waals surface area contributed by atoms with Crippen molar-refractivity contribution in [2.45, 2.75) is 44.6 Å². The van der Waals surface area contributed by atoms with Crippen molar-refractivity contribution < 1.29 is 14.3 Å². The predicted octanol–water partition coefficient (Wildman–Crippen LogP) is 2.14. The van der Waals surface area contributed by atoms with Gasteiger partial charge in [-0.1, -0.05) is 19.3 Å². The zero-order valence-electron chi connectivity index (χ0n) is 9.34. The minimum Gasteiger partial charge on any atom is -0.467 e. The summed E-state index contributed by atoms with van der Waals surface area (Å²) in [5.41, 5.74) is -0.741. The second-order valence-corrected chi connectivity index (χ2v) is 4.14. The van der Waals surface area contributed by atoms with E-state index in [1.54, 1.807) is 7.11 Å². The number of hydrogen-bond donors (Lipinski definition) is 0. The summed E-state index contributed by atoms with van der Waals surface area (Å²) >= 11 is 0. The lowest BCUT2D eigenvalue weighted by molar-refractivity contribution is -0.172. The highest BCUT2D eigenvalue weighted by molar-refractivity contribution is 5.79. The van der Waals surface area contributed by atoms with Crippen molar-refractivity contribution in [2.75, 3.05) is 14.2 Å². The van der Waals surface area contributed by atoms with E-state index in [1.807, 2.05) is 6.92 Å². The van der Waals surface area contributed by atoms with E-state index >= 15 is 0 Å². The zero-order valence-corrected chi connectivity index (χ0v) is 9.34. The molecule has 0 aromatic rings. The average molecular weight is 200 g/mol. The summed E-state index contributed by atoms with van der Waals surface area (Å²) in [7, 11) is 3.01. The molecule has 0 aliphatic heterocycles. The van der Waals surface area contributed by atoms with E-state index in [0.717, 1.165) is 12.8 Å². The Balaban J connectivity index is 2.71. The van der Waals surface area contributed by atoms with Gasteiger partial charge < -0.3 is 9.47 Å². The van der Waals surface area contributed by atoms with Crippen LogP contribution in [0, 0.1) is 5.92 Å². The lowest BCUT2D eigenvalue weighted by Crippen LogP contribution is -2.46. The molecule has 1 aliphatic carbocycles. The number of esters is 1. The molecule has 0 aromatic heterocycles. The van der Waals surface area contributed by atoms with Crippen molar-refractivity contribution in [3.63, 3.8) is 0 Å². The van der Waals surface area contributed by atoms with Gasteiger partial charge in [-0.15, -0.1) is 0 Å². The molecule has 0 amide bonds. The van der Waals surface area contributed by atoms with Gasteiger partial charge in [0.15, 0.2) is 5.60 Å². The van der Waals surface area contributed by atoms with Crippen molar-refractivity contribution >= 4 is 5.97 Å². The zero-order chi connectivity index (χ0) is 10.6. The third-order valence-corrected chi connectivity index (χ3v) is 3.40. The normalized spacial score (nSPS) is 22.8. The maximum absolute atomic E-state index is 11.6. The highest BCUT2D eigenvalue weighted by atomic mass is 16.6. The second-order valence-electron chi connectivity index (χ2n) is 4.14. The number of carbonyl (C=O) groups excluding carboxylic acids is 1. The topological polar surface area (TPSA) is 35.5 Å². The van der Waals surface area contributed by atoms with Gasteiger partial charge in [-0.25, -0.2) is 4.79 Å². The molecule has 0 heterocycles. The van der Waals surface area contributed by atoms with Crippen molar-refractivity contribution in [2.24, 2.45) is 5.92 Å². The first-order chi connectivity index (χ1) is 6.65. The average Bonchev–Trinajstić information content (AvgIpc) is 2.28. The number of methoxy groups -OCH3 is 2. The first-order valence-corrected chi connectivity index (χ1v) is 5.28. The highest BCUT2D eigenvalue weighted by Crippen LogP contribution is 2.35. The molecule has 1 atom stereocenters. The summed E-state index contributed by atoms with van der Waals surface area (Å²) in [5.74, 6) is 0.0700. The van der Waals surface area contributed by atoms with Crippen LogP contribution in [0.25, 0.3) is 0 Å². The molecule has 0 aromatic carbocycles. The second kappa shape index (κ2) is 4.78. The first kappa shape index (κ1) is 11.5. The summed E-state index contributed by atoms with van der Waals surface area (Å²) in [4.78, 5) is 11.6. The first-order valence-electron chi connectivity index (χ1n) is 5.28. The van der Waals surface area contributed by atoms with Crippen LogP contribution in [-0.2, 0) is 14.3 Å². The lowest BCUT2D eigenvalue weighted by atomic mass is 9.77. The molecule has 82 valence electrons. The van der Waals surface area contributed by atoms with Crippen LogP contribution in [0.2, 0.25) is 0 Å². The fourth-order valence-electron chi connectivity index (χ4n) is 2.27. The molecule has 1 aliphatic rings. The van der Waals surface area contributed by atoms with Crippen molar-refractivity contribution in [3.8, 4) is 0 Å². The molecule has 0 unspecified atom stereocenters. The molecule has 3 heteroatoms. The molecule has 0 radical (unpaired) electrons. The van der Waals surface area contributed by atoms with E-state index in [1.165, 1.54) is 26.4 Å². The number of ether oxygens (including phenoxy) is 2. The Hall–Kier alpha value is -0.570. The van der Waals surface area contributed by atoms with Gasteiger partial charge in [0.1, 0.15) is 0 Å². The molecular formula is C11H20O3. The largest absolute Gasteiger partial charge is 0.467 e. The number of carbonyl (C=O) groups is 1. The van der Waals surface area contributed by atoms with Gasteiger partial charge in [0.25, 0.3) is 0 Å². The summed E-state index contributed by atoms with van der Waals surface area (Å²) in [6.45, 7) is 1.84. The molecule has 1 saturated carbocycles. The van der Waals surface area contributed by atoms with Gasteiger partial charge in [0, 0.05) is 7.11 Å².